The first-order valence-electron chi connectivity index (χ1n) is 8.42. The smallest absolute Gasteiger partial charge is 0.410 e. The average Bonchev–Trinajstić information content (AvgIpc) is 2.96. The second-order valence-corrected chi connectivity index (χ2v) is 7.67. The Kier molecular flexibility index (Phi) is 4.31. The number of rotatable bonds is 3. The average molecular weight is 321 g/mol. The predicted molar refractivity (Wildman–Crippen MR) is 85.7 cm³/mol. The molecule has 0 radical (unpaired) electrons. The van der Waals surface area contributed by atoms with Gasteiger partial charge in [0.05, 0.1) is 11.9 Å². The minimum atomic E-state index is -0.432. The fraction of sp³-hybridized carbons (Fsp3) is 0.812. The summed E-state index contributed by atoms with van der Waals surface area (Å²) in [4.78, 5) is 14.4. The van der Waals surface area contributed by atoms with Crippen LogP contribution >= 0.6 is 0 Å². The molecule has 3 rings (SSSR count). The van der Waals surface area contributed by atoms with Crippen molar-refractivity contribution in [3.05, 3.63) is 11.9 Å². The Morgan fingerprint density at radius 1 is 1.35 bits per heavy atom. The molecule has 1 aromatic heterocycles. The van der Waals surface area contributed by atoms with Crippen LogP contribution in [0.1, 0.15) is 52.1 Å². The summed E-state index contributed by atoms with van der Waals surface area (Å²) in [7, 11) is 1.90. The van der Waals surface area contributed by atoms with Gasteiger partial charge in [0.15, 0.2) is 0 Å². The van der Waals surface area contributed by atoms with E-state index < -0.39 is 5.60 Å². The predicted octanol–water partition coefficient (Wildman–Crippen LogP) is 1.84. The third-order valence-corrected chi connectivity index (χ3v) is 4.72. The van der Waals surface area contributed by atoms with Crippen LogP contribution in [-0.4, -0.2) is 49.7 Å². The van der Waals surface area contributed by atoms with Crippen LogP contribution in [0, 0.1) is 0 Å². The van der Waals surface area contributed by atoms with Gasteiger partial charge in [0, 0.05) is 31.7 Å². The third kappa shape index (κ3) is 3.65. The minimum Gasteiger partial charge on any atom is -0.444 e. The molecule has 0 saturated carbocycles. The Hall–Kier alpha value is -1.63. The van der Waals surface area contributed by atoms with Crippen molar-refractivity contribution in [1.82, 2.24) is 25.2 Å². The molecule has 1 amide bonds. The van der Waals surface area contributed by atoms with E-state index in [1.165, 1.54) is 0 Å². The SMILES string of the molecule is Cn1nncc1CNC1CC2CCC(C1)N2C(=O)OC(C)(C)C. The number of carbonyl (C=O) groups is 1. The van der Waals surface area contributed by atoms with E-state index in [9.17, 15) is 4.79 Å². The number of carbonyl (C=O) groups excluding carboxylic acids is 1. The summed E-state index contributed by atoms with van der Waals surface area (Å²) in [6, 6.07) is 1.03. The molecule has 0 aliphatic carbocycles. The lowest BCUT2D eigenvalue weighted by Gasteiger charge is -2.39. The van der Waals surface area contributed by atoms with Crippen LogP contribution in [0.5, 0.6) is 0 Å². The van der Waals surface area contributed by atoms with Gasteiger partial charge in [0.25, 0.3) is 0 Å². The molecule has 0 spiro atoms. The lowest BCUT2D eigenvalue weighted by atomic mass is 9.97. The number of ether oxygens (including phenoxy) is 1. The van der Waals surface area contributed by atoms with Crippen molar-refractivity contribution >= 4 is 6.09 Å². The van der Waals surface area contributed by atoms with Crippen LogP contribution < -0.4 is 5.32 Å². The molecule has 7 nitrogen and oxygen atoms in total. The van der Waals surface area contributed by atoms with E-state index in [1.54, 1.807) is 10.9 Å². The zero-order chi connectivity index (χ0) is 16.6. The summed E-state index contributed by atoms with van der Waals surface area (Å²) in [6.45, 7) is 6.52. The maximum atomic E-state index is 12.4. The largest absolute Gasteiger partial charge is 0.444 e. The molecule has 2 saturated heterocycles. The van der Waals surface area contributed by atoms with Gasteiger partial charge >= 0.3 is 6.09 Å². The third-order valence-electron chi connectivity index (χ3n) is 4.72. The van der Waals surface area contributed by atoms with Crippen LogP contribution in [-0.2, 0) is 18.3 Å². The van der Waals surface area contributed by atoms with Crippen LogP contribution in [0.2, 0.25) is 0 Å². The maximum Gasteiger partial charge on any atom is 0.410 e. The number of hydrogen-bond donors (Lipinski definition) is 1. The number of fused-ring (bicyclic) bond motifs is 2. The molecule has 2 fully saturated rings. The number of nitrogens with zero attached hydrogens (tertiary/aromatic N) is 4. The van der Waals surface area contributed by atoms with Crippen LogP contribution in [0.4, 0.5) is 4.79 Å². The first-order valence-corrected chi connectivity index (χ1v) is 8.42. The first-order chi connectivity index (χ1) is 10.8. The van der Waals surface area contributed by atoms with E-state index in [-0.39, 0.29) is 6.09 Å². The van der Waals surface area contributed by atoms with Gasteiger partial charge in [-0.15, -0.1) is 5.10 Å². The summed E-state index contributed by atoms with van der Waals surface area (Å²) >= 11 is 0. The Labute approximate surface area is 137 Å². The van der Waals surface area contributed by atoms with Gasteiger partial charge in [-0.05, 0) is 46.5 Å². The summed E-state index contributed by atoms with van der Waals surface area (Å²) < 4.78 is 7.36. The fourth-order valence-electron chi connectivity index (χ4n) is 3.68. The Bertz CT molecular complexity index is 551. The second-order valence-electron chi connectivity index (χ2n) is 7.67. The Morgan fingerprint density at radius 2 is 2.00 bits per heavy atom. The van der Waals surface area contributed by atoms with Crippen molar-refractivity contribution in [2.75, 3.05) is 0 Å². The van der Waals surface area contributed by atoms with E-state index in [4.69, 9.17) is 4.74 Å². The van der Waals surface area contributed by atoms with Crippen LogP contribution in [0.15, 0.2) is 6.20 Å². The van der Waals surface area contributed by atoms with E-state index in [2.05, 4.69) is 15.6 Å². The quantitative estimate of drug-likeness (QED) is 0.919. The standard InChI is InChI=1S/C16H27N5O2/c1-16(2,3)23-15(22)21-12-5-6-13(21)8-11(7-12)17-9-14-10-18-19-20(14)4/h10-13,17H,5-9H2,1-4H3. The highest BCUT2D eigenvalue weighted by Crippen LogP contribution is 2.36. The van der Waals surface area contributed by atoms with E-state index in [0.29, 0.717) is 18.1 Å². The molecule has 1 aromatic rings. The molecule has 2 unspecified atom stereocenters. The van der Waals surface area contributed by atoms with Crippen LogP contribution in [0.25, 0.3) is 0 Å². The molecule has 0 aromatic carbocycles. The number of hydrogen-bond acceptors (Lipinski definition) is 5. The second kappa shape index (κ2) is 6.11. The highest BCUT2D eigenvalue weighted by Gasteiger charge is 2.44. The van der Waals surface area contributed by atoms with Gasteiger partial charge in [-0.1, -0.05) is 5.21 Å². The maximum absolute atomic E-state index is 12.4. The van der Waals surface area contributed by atoms with E-state index >= 15 is 0 Å². The van der Waals surface area contributed by atoms with Crippen molar-refractivity contribution in [1.29, 1.82) is 0 Å². The van der Waals surface area contributed by atoms with E-state index in [0.717, 1.165) is 37.9 Å². The molecule has 2 atom stereocenters. The van der Waals surface area contributed by atoms with Gasteiger partial charge in [-0.3, -0.25) is 4.68 Å². The monoisotopic (exact) mass is 321 g/mol. The zero-order valence-electron chi connectivity index (χ0n) is 14.5. The summed E-state index contributed by atoms with van der Waals surface area (Å²) in [5.74, 6) is 0. The van der Waals surface area contributed by atoms with E-state index in [1.807, 2.05) is 32.7 Å². The topological polar surface area (TPSA) is 72.3 Å². The highest BCUT2D eigenvalue weighted by atomic mass is 16.6. The molecule has 2 bridgehead atoms. The lowest BCUT2D eigenvalue weighted by molar-refractivity contribution is 0.00464. The molecular weight excluding hydrogens is 294 g/mol. The number of piperidine rings is 1. The molecule has 3 heterocycles. The van der Waals surface area contributed by atoms with Crippen molar-refractivity contribution in [2.24, 2.45) is 7.05 Å². The Balaban J connectivity index is 1.56. The number of amides is 1. The summed E-state index contributed by atoms with van der Waals surface area (Å²) in [5.41, 5.74) is 0.643. The molecule has 2 aliphatic heterocycles. The lowest BCUT2D eigenvalue weighted by Crippen LogP contribution is -2.52. The van der Waals surface area contributed by atoms with Gasteiger partial charge in [-0.2, -0.15) is 0 Å². The van der Waals surface area contributed by atoms with Crippen molar-refractivity contribution in [2.45, 2.75) is 76.7 Å². The molecule has 23 heavy (non-hydrogen) atoms. The molecule has 2 aliphatic rings. The molecule has 1 N–H and O–H groups in total. The minimum absolute atomic E-state index is 0.153. The first kappa shape index (κ1) is 16.2. The van der Waals surface area contributed by atoms with Gasteiger partial charge in [0.2, 0.25) is 0 Å². The summed E-state index contributed by atoms with van der Waals surface area (Å²) in [6.07, 6.45) is 5.77. The highest BCUT2D eigenvalue weighted by molar-refractivity contribution is 5.69. The molecular formula is C16H27N5O2. The Morgan fingerprint density at radius 3 is 2.52 bits per heavy atom. The molecule has 128 valence electrons. The number of aromatic nitrogens is 3. The number of nitrogens with one attached hydrogen (secondary N) is 1. The summed E-state index contributed by atoms with van der Waals surface area (Å²) in [5, 5.41) is 11.4. The van der Waals surface area contributed by atoms with Gasteiger partial charge in [0.1, 0.15) is 5.60 Å². The van der Waals surface area contributed by atoms with Gasteiger partial charge < -0.3 is 15.0 Å². The van der Waals surface area contributed by atoms with Gasteiger partial charge in [-0.25, -0.2) is 4.79 Å². The van der Waals surface area contributed by atoms with Crippen molar-refractivity contribution < 1.29 is 9.53 Å². The normalized spacial score (nSPS) is 27.3. The van der Waals surface area contributed by atoms with Crippen molar-refractivity contribution in [3.63, 3.8) is 0 Å². The van der Waals surface area contributed by atoms with Crippen molar-refractivity contribution in [3.8, 4) is 0 Å². The number of aryl methyl sites for hydroxylation is 1. The molecule has 7 heteroatoms. The zero-order valence-corrected chi connectivity index (χ0v) is 14.5. The van der Waals surface area contributed by atoms with Crippen LogP contribution in [0.3, 0.4) is 0 Å². The fourth-order valence-corrected chi connectivity index (χ4v) is 3.68.